The number of nitrogens with one attached hydrogen (secondary N) is 2. The van der Waals surface area contributed by atoms with E-state index in [1.165, 1.54) is 0 Å². The van der Waals surface area contributed by atoms with Crippen LogP contribution in [0.15, 0.2) is 36.5 Å². The van der Waals surface area contributed by atoms with Gasteiger partial charge in [-0.25, -0.2) is 9.48 Å². The molecule has 1 aromatic heterocycles. The first-order valence-corrected chi connectivity index (χ1v) is 9.34. The first kappa shape index (κ1) is 19.9. The first-order chi connectivity index (χ1) is 13.3. The molecule has 1 aliphatic rings. The van der Waals surface area contributed by atoms with Crippen LogP contribution in [0.2, 0.25) is 5.02 Å². The molecule has 2 aromatic rings. The van der Waals surface area contributed by atoms with E-state index < -0.39 is 11.6 Å². The lowest BCUT2D eigenvalue weighted by Gasteiger charge is -2.15. The number of anilines is 1. The van der Waals surface area contributed by atoms with Gasteiger partial charge in [0.15, 0.2) is 0 Å². The Morgan fingerprint density at radius 2 is 1.93 bits per heavy atom. The van der Waals surface area contributed by atoms with Gasteiger partial charge in [0.25, 0.3) is 5.91 Å². The number of hydrogen-bond acceptors (Lipinski definition) is 4. The zero-order valence-electron chi connectivity index (χ0n) is 15.7. The normalized spacial score (nSPS) is 15.6. The number of rotatable bonds is 7. The Hall–Kier alpha value is -2.87. The summed E-state index contributed by atoms with van der Waals surface area (Å²) in [6.45, 7) is 4.01. The molecule has 4 amide bonds. The Balaban J connectivity index is 1.51. The topological polar surface area (TPSA) is 96.3 Å². The van der Waals surface area contributed by atoms with Gasteiger partial charge in [0, 0.05) is 24.1 Å². The van der Waals surface area contributed by atoms with Crippen LogP contribution in [0.25, 0.3) is 0 Å². The molecule has 0 atom stereocenters. The molecule has 0 aliphatic carbocycles. The number of nitrogens with zero attached hydrogens (tertiary/aromatic N) is 3. The molecule has 1 saturated heterocycles. The van der Waals surface area contributed by atoms with Crippen LogP contribution in [0, 0.1) is 0 Å². The second kappa shape index (κ2) is 8.02. The second-order valence-electron chi connectivity index (χ2n) is 7.16. The highest BCUT2D eigenvalue weighted by atomic mass is 35.5. The molecular weight excluding hydrogens is 382 g/mol. The molecule has 0 bridgehead atoms. The molecular formula is C19H22ClN5O3. The fourth-order valence-corrected chi connectivity index (χ4v) is 3.08. The van der Waals surface area contributed by atoms with Crippen molar-refractivity contribution >= 4 is 35.3 Å². The van der Waals surface area contributed by atoms with Crippen molar-refractivity contribution in [2.24, 2.45) is 0 Å². The van der Waals surface area contributed by atoms with Crippen LogP contribution < -0.4 is 10.6 Å². The van der Waals surface area contributed by atoms with Gasteiger partial charge in [0.05, 0.1) is 12.7 Å². The molecule has 2 heterocycles. The maximum Gasteiger partial charge on any atom is 0.325 e. The standard InChI is InChI=1S/C19H22ClN5O3/c1-19(2)17(27)24(18(28)23-19)11-3-4-16(26)22-15-9-10-21-25(15)12-13-5-7-14(20)8-6-13/h5-10H,3-4,11-12H2,1-2H3,(H,22,26)(H,23,28). The zero-order valence-corrected chi connectivity index (χ0v) is 16.5. The first-order valence-electron chi connectivity index (χ1n) is 8.96. The monoisotopic (exact) mass is 403 g/mol. The van der Waals surface area contributed by atoms with Gasteiger partial charge in [-0.3, -0.25) is 14.5 Å². The summed E-state index contributed by atoms with van der Waals surface area (Å²) >= 11 is 5.89. The van der Waals surface area contributed by atoms with Crippen molar-refractivity contribution in [2.75, 3.05) is 11.9 Å². The van der Waals surface area contributed by atoms with Crippen molar-refractivity contribution in [3.63, 3.8) is 0 Å². The molecule has 1 aromatic carbocycles. The summed E-state index contributed by atoms with van der Waals surface area (Å²) in [6.07, 6.45) is 2.18. The molecule has 9 heteroatoms. The van der Waals surface area contributed by atoms with Crippen LogP contribution in [0.5, 0.6) is 0 Å². The molecule has 28 heavy (non-hydrogen) atoms. The van der Waals surface area contributed by atoms with Crippen LogP contribution in [-0.2, 0) is 16.1 Å². The van der Waals surface area contributed by atoms with Crippen LogP contribution >= 0.6 is 11.6 Å². The average Bonchev–Trinajstić information content (AvgIpc) is 3.13. The smallest absolute Gasteiger partial charge is 0.324 e. The van der Waals surface area contributed by atoms with Crippen LogP contribution in [0.1, 0.15) is 32.3 Å². The van der Waals surface area contributed by atoms with E-state index in [0.717, 1.165) is 10.5 Å². The molecule has 0 radical (unpaired) electrons. The van der Waals surface area contributed by atoms with Crippen molar-refractivity contribution in [3.8, 4) is 0 Å². The van der Waals surface area contributed by atoms with Gasteiger partial charge in [-0.05, 0) is 38.0 Å². The number of aromatic nitrogens is 2. The number of urea groups is 1. The fourth-order valence-electron chi connectivity index (χ4n) is 2.95. The molecule has 8 nitrogen and oxygen atoms in total. The summed E-state index contributed by atoms with van der Waals surface area (Å²) in [4.78, 5) is 37.4. The van der Waals surface area contributed by atoms with E-state index in [1.54, 1.807) is 42.9 Å². The molecule has 148 valence electrons. The molecule has 2 N–H and O–H groups in total. The third-order valence-electron chi connectivity index (χ3n) is 4.46. The van der Waals surface area contributed by atoms with Gasteiger partial charge < -0.3 is 10.6 Å². The Morgan fingerprint density at radius 3 is 2.57 bits per heavy atom. The van der Waals surface area contributed by atoms with E-state index in [0.29, 0.717) is 23.8 Å². The minimum Gasteiger partial charge on any atom is -0.324 e. The number of benzene rings is 1. The predicted molar refractivity (Wildman–Crippen MR) is 105 cm³/mol. The Bertz CT molecular complexity index is 891. The van der Waals surface area contributed by atoms with Crippen LogP contribution in [0.3, 0.4) is 0 Å². The lowest BCUT2D eigenvalue weighted by Crippen LogP contribution is -2.40. The fraction of sp³-hybridized carbons (Fsp3) is 0.368. The van der Waals surface area contributed by atoms with Crippen molar-refractivity contribution in [2.45, 2.75) is 38.8 Å². The Morgan fingerprint density at radius 1 is 1.21 bits per heavy atom. The van der Waals surface area contributed by atoms with E-state index in [2.05, 4.69) is 15.7 Å². The van der Waals surface area contributed by atoms with Crippen LogP contribution in [0.4, 0.5) is 10.6 Å². The minimum absolute atomic E-state index is 0.184. The Labute approximate surface area is 167 Å². The van der Waals surface area contributed by atoms with Gasteiger partial charge in [0.2, 0.25) is 5.91 Å². The maximum absolute atomic E-state index is 12.3. The third kappa shape index (κ3) is 4.51. The number of imide groups is 1. The third-order valence-corrected chi connectivity index (χ3v) is 4.71. The van der Waals surface area contributed by atoms with E-state index in [1.807, 2.05) is 12.1 Å². The van der Waals surface area contributed by atoms with E-state index in [-0.39, 0.29) is 24.8 Å². The lowest BCUT2D eigenvalue weighted by atomic mass is 10.1. The van der Waals surface area contributed by atoms with Gasteiger partial charge in [0.1, 0.15) is 11.4 Å². The minimum atomic E-state index is -0.895. The summed E-state index contributed by atoms with van der Waals surface area (Å²) in [5.41, 5.74) is 0.109. The predicted octanol–water partition coefficient (Wildman–Crippen LogP) is 2.63. The zero-order chi connectivity index (χ0) is 20.3. The molecule has 0 saturated carbocycles. The summed E-state index contributed by atoms with van der Waals surface area (Å²) in [7, 11) is 0. The molecule has 0 unspecified atom stereocenters. The maximum atomic E-state index is 12.3. The van der Waals surface area contributed by atoms with Gasteiger partial charge in [-0.2, -0.15) is 5.10 Å². The van der Waals surface area contributed by atoms with Crippen LogP contribution in [-0.4, -0.2) is 44.6 Å². The van der Waals surface area contributed by atoms with Crippen molar-refractivity contribution in [1.82, 2.24) is 20.0 Å². The highest BCUT2D eigenvalue weighted by Crippen LogP contribution is 2.17. The second-order valence-corrected chi connectivity index (χ2v) is 7.60. The summed E-state index contributed by atoms with van der Waals surface area (Å²) in [5, 5.41) is 10.3. The summed E-state index contributed by atoms with van der Waals surface area (Å²) in [5.74, 6) is 0.0965. The molecule has 1 aliphatic heterocycles. The number of amides is 4. The largest absolute Gasteiger partial charge is 0.325 e. The van der Waals surface area contributed by atoms with Crippen molar-refractivity contribution < 1.29 is 14.4 Å². The molecule has 1 fully saturated rings. The van der Waals surface area contributed by atoms with E-state index in [4.69, 9.17) is 11.6 Å². The Kier molecular flexibility index (Phi) is 5.69. The molecule has 0 spiro atoms. The van der Waals surface area contributed by atoms with E-state index in [9.17, 15) is 14.4 Å². The number of carbonyl (C=O) groups is 3. The van der Waals surface area contributed by atoms with Crippen molar-refractivity contribution in [1.29, 1.82) is 0 Å². The SMILES string of the molecule is CC1(C)NC(=O)N(CCCC(=O)Nc2ccnn2Cc2ccc(Cl)cc2)C1=O. The number of halogens is 1. The highest BCUT2D eigenvalue weighted by molar-refractivity contribution is 6.30. The number of carbonyl (C=O) groups excluding carboxylic acids is 3. The summed E-state index contributed by atoms with van der Waals surface area (Å²) < 4.78 is 1.68. The van der Waals surface area contributed by atoms with E-state index >= 15 is 0 Å². The number of hydrogen-bond donors (Lipinski definition) is 2. The quantitative estimate of drug-likeness (QED) is 0.694. The van der Waals surface area contributed by atoms with Crippen molar-refractivity contribution in [3.05, 3.63) is 47.1 Å². The lowest BCUT2D eigenvalue weighted by molar-refractivity contribution is -0.130. The van der Waals surface area contributed by atoms with Gasteiger partial charge >= 0.3 is 6.03 Å². The van der Waals surface area contributed by atoms with Gasteiger partial charge in [-0.1, -0.05) is 23.7 Å². The highest BCUT2D eigenvalue weighted by Gasteiger charge is 2.43. The average molecular weight is 404 g/mol. The molecule has 3 rings (SSSR count). The van der Waals surface area contributed by atoms with Gasteiger partial charge in [-0.15, -0.1) is 0 Å². The summed E-state index contributed by atoms with van der Waals surface area (Å²) in [6, 6.07) is 8.69.